The van der Waals surface area contributed by atoms with Crippen LogP contribution in [0.5, 0.6) is 17.2 Å². The second-order valence-electron chi connectivity index (χ2n) is 5.64. The summed E-state index contributed by atoms with van der Waals surface area (Å²) < 4.78 is 16.3. The molecule has 0 aliphatic carbocycles. The molecule has 1 saturated heterocycles. The third-order valence-electron chi connectivity index (χ3n) is 3.93. The maximum Gasteiger partial charge on any atom is 0.271 e. The zero-order valence-electron chi connectivity index (χ0n) is 14.6. The van der Waals surface area contributed by atoms with Crippen molar-refractivity contribution in [2.24, 2.45) is 5.73 Å². The number of primary amides is 1. The van der Waals surface area contributed by atoms with Crippen molar-refractivity contribution < 1.29 is 19.0 Å². The van der Waals surface area contributed by atoms with Gasteiger partial charge in [-0.25, -0.2) is 9.97 Å². The highest BCUT2D eigenvalue weighted by Gasteiger charge is 2.24. The van der Waals surface area contributed by atoms with Crippen molar-refractivity contribution in [3.8, 4) is 17.2 Å². The summed E-state index contributed by atoms with van der Waals surface area (Å²) in [6.07, 6.45) is 0. The van der Waals surface area contributed by atoms with E-state index in [0.29, 0.717) is 48.7 Å². The van der Waals surface area contributed by atoms with Crippen LogP contribution in [0.25, 0.3) is 0 Å². The Morgan fingerprint density at radius 1 is 1.33 bits per heavy atom. The van der Waals surface area contributed by atoms with E-state index in [1.807, 2.05) is 4.90 Å². The fraction of sp³-hybridized carbons (Fsp3) is 0.353. The van der Waals surface area contributed by atoms with Crippen molar-refractivity contribution in [3.05, 3.63) is 34.6 Å². The van der Waals surface area contributed by atoms with Gasteiger partial charge in [-0.05, 0) is 12.1 Å². The first kappa shape index (κ1) is 19.5. The zero-order chi connectivity index (χ0) is 19.4. The molecule has 144 valence electrons. The summed E-state index contributed by atoms with van der Waals surface area (Å²) in [7, 11) is 1.52. The van der Waals surface area contributed by atoms with Crippen LogP contribution in [0.1, 0.15) is 16.2 Å². The number of ether oxygens (including phenoxy) is 3. The highest BCUT2D eigenvalue weighted by Crippen LogP contribution is 2.36. The Morgan fingerprint density at radius 3 is 2.70 bits per heavy atom. The smallest absolute Gasteiger partial charge is 0.271 e. The van der Waals surface area contributed by atoms with Gasteiger partial charge in [-0.3, -0.25) is 4.79 Å². The van der Waals surface area contributed by atoms with Gasteiger partial charge in [0.1, 0.15) is 17.2 Å². The van der Waals surface area contributed by atoms with Gasteiger partial charge in [-0.15, -0.1) is 11.6 Å². The fourth-order valence-electron chi connectivity index (χ4n) is 2.55. The van der Waals surface area contributed by atoms with Crippen LogP contribution in [0, 0.1) is 0 Å². The summed E-state index contributed by atoms with van der Waals surface area (Å²) in [4.78, 5) is 22.7. The maximum atomic E-state index is 12.0. The molecule has 1 aromatic heterocycles. The summed E-state index contributed by atoms with van der Waals surface area (Å²) in [5.41, 5.74) is 5.80. The molecule has 8 nitrogen and oxygen atoms in total. The molecule has 0 bridgehead atoms. The Hall–Kier alpha value is -2.29. The molecule has 0 spiro atoms. The maximum absolute atomic E-state index is 12.0. The molecule has 2 N–H and O–H groups in total. The number of halogens is 2. The van der Waals surface area contributed by atoms with Crippen LogP contribution in [-0.2, 0) is 10.6 Å². The molecule has 1 aliphatic heterocycles. The van der Waals surface area contributed by atoms with Crippen molar-refractivity contribution in [1.82, 2.24) is 9.97 Å². The molecule has 0 unspecified atom stereocenters. The van der Waals surface area contributed by atoms with Crippen molar-refractivity contribution in [1.29, 1.82) is 0 Å². The predicted molar refractivity (Wildman–Crippen MR) is 101 cm³/mol. The number of morpholine rings is 1. The number of aromatic nitrogens is 2. The summed E-state index contributed by atoms with van der Waals surface area (Å²) in [5, 5.41) is 0.323. The molecule has 10 heteroatoms. The molecular weight excluding hydrogens is 395 g/mol. The van der Waals surface area contributed by atoms with E-state index in [9.17, 15) is 4.79 Å². The molecule has 1 aliphatic rings. The highest BCUT2D eigenvalue weighted by molar-refractivity contribution is 6.32. The Kier molecular flexibility index (Phi) is 6.20. The van der Waals surface area contributed by atoms with Gasteiger partial charge in [0, 0.05) is 19.2 Å². The van der Waals surface area contributed by atoms with Gasteiger partial charge in [0.05, 0.1) is 31.2 Å². The molecule has 3 rings (SSSR count). The van der Waals surface area contributed by atoms with Crippen LogP contribution >= 0.6 is 23.2 Å². The summed E-state index contributed by atoms with van der Waals surface area (Å²) in [5.74, 6) is 0.474. The molecule has 1 amide bonds. The molecule has 2 aromatic rings. The number of hydrogen-bond donors (Lipinski definition) is 1. The fourth-order valence-corrected chi connectivity index (χ4v) is 2.89. The normalized spacial score (nSPS) is 14.1. The topological polar surface area (TPSA) is 99.8 Å². The quantitative estimate of drug-likeness (QED) is 0.727. The number of carbonyl (C=O) groups is 1. The second-order valence-corrected chi connectivity index (χ2v) is 6.32. The van der Waals surface area contributed by atoms with Gasteiger partial charge in [-0.2, -0.15) is 0 Å². The van der Waals surface area contributed by atoms with Gasteiger partial charge in [0.2, 0.25) is 5.95 Å². The lowest BCUT2D eigenvalue weighted by molar-refractivity contribution is 0.0992. The van der Waals surface area contributed by atoms with Crippen molar-refractivity contribution in [2.75, 3.05) is 38.3 Å². The number of alkyl halides is 1. The Morgan fingerprint density at radius 2 is 2.07 bits per heavy atom. The molecule has 0 radical (unpaired) electrons. The Balaban J connectivity index is 2.04. The average molecular weight is 413 g/mol. The van der Waals surface area contributed by atoms with Crippen LogP contribution in [-0.4, -0.2) is 49.3 Å². The number of methoxy groups -OCH3 is 1. The summed E-state index contributed by atoms with van der Waals surface area (Å²) in [6, 6.07) is 4.88. The first-order valence-corrected chi connectivity index (χ1v) is 9.05. The van der Waals surface area contributed by atoms with E-state index in [-0.39, 0.29) is 23.1 Å². The van der Waals surface area contributed by atoms with E-state index >= 15 is 0 Å². The molecule has 2 heterocycles. The average Bonchev–Trinajstić information content (AvgIpc) is 2.70. The molecule has 27 heavy (non-hydrogen) atoms. The van der Waals surface area contributed by atoms with Gasteiger partial charge in [0.25, 0.3) is 5.91 Å². The van der Waals surface area contributed by atoms with Crippen LogP contribution < -0.4 is 20.1 Å². The highest BCUT2D eigenvalue weighted by atomic mass is 35.5. The first-order chi connectivity index (χ1) is 13.0. The van der Waals surface area contributed by atoms with Crippen LogP contribution in [0.4, 0.5) is 5.95 Å². The largest absolute Gasteiger partial charge is 0.497 e. The van der Waals surface area contributed by atoms with Gasteiger partial charge in [0.15, 0.2) is 11.4 Å². The first-order valence-electron chi connectivity index (χ1n) is 8.14. The molecule has 1 aromatic carbocycles. The predicted octanol–water partition coefficient (Wildman–Crippen LogP) is 2.61. The van der Waals surface area contributed by atoms with E-state index in [0.717, 1.165) is 0 Å². The minimum atomic E-state index is -0.757. The van der Waals surface area contributed by atoms with Crippen LogP contribution in [0.3, 0.4) is 0 Å². The Bertz CT molecular complexity index is 844. The number of anilines is 1. The monoisotopic (exact) mass is 412 g/mol. The standard InChI is InChI=1S/C17H18Cl2N4O4/c1-25-10-2-3-11(19)13(8-10)27-15-12(9-18)21-17(22-14(15)16(20)24)23-4-6-26-7-5-23/h2-3,8H,4-7,9H2,1H3,(H2,20,24). The van der Waals surface area contributed by atoms with E-state index in [1.165, 1.54) is 7.11 Å². The van der Waals surface area contributed by atoms with Crippen molar-refractivity contribution in [3.63, 3.8) is 0 Å². The van der Waals surface area contributed by atoms with Gasteiger partial charge in [-0.1, -0.05) is 11.6 Å². The second kappa shape index (κ2) is 8.60. The number of benzene rings is 1. The lowest BCUT2D eigenvalue weighted by atomic mass is 10.2. The van der Waals surface area contributed by atoms with E-state index in [4.69, 9.17) is 43.1 Å². The van der Waals surface area contributed by atoms with Crippen LogP contribution in [0.2, 0.25) is 5.02 Å². The number of hydrogen-bond acceptors (Lipinski definition) is 7. The molecule has 0 saturated carbocycles. The molecular formula is C17H18Cl2N4O4. The van der Waals surface area contributed by atoms with Crippen LogP contribution in [0.15, 0.2) is 18.2 Å². The van der Waals surface area contributed by atoms with Gasteiger partial charge >= 0.3 is 0 Å². The summed E-state index contributed by atoms with van der Waals surface area (Å²) in [6.45, 7) is 2.29. The zero-order valence-corrected chi connectivity index (χ0v) is 16.1. The van der Waals surface area contributed by atoms with Crippen molar-refractivity contribution in [2.45, 2.75) is 5.88 Å². The SMILES string of the molecule is COc1ccc(Cl)c(Oc2c(CCl)nc(N3CCOCC3)nc2C(N)=O)c1. The van der Waals surface area contributed by atoms with E-state index < -0.39 is 5.91 Å². The third kappa shape index (κ3) is 4.35. The van der Waals surface area contributed by atoms with Gasteiger partial charge < -0.3 is 24.8 Å². The Labute approximate surface area is 166 Å². The minimum Gasteiger partial charge on any atom is -0.497 e. The number of carbonyl (C=O) groups excluding carboxylic acids is 1. The third-order valence-corrected chi connectivity index (χ3v) is 4.49. The van der Waals surface area contributed by atoms with E-state index in [1.54, 1.807) is 18.2 Å². The number of nitrogens with two attached hydrogens (primary N) is 1. The lowest BCUT2D eigenvalue weighted by Crippen LogP contribution is -2.38. The minimum absolute atomic E-state index is 0.00292. The van der Waals surface area contributed by atoms with E-state index in [2.05, 4.69) is 9.97 Å². The molecule has 0 atom stereocenters. The lowest BCUT2D eigenvalue weighted by Gasteiger charge is -2.27. The number of amides is 1. The summed E-state index contributed by atoms with van der Waals surface area (Å²) >= 11 is 12.3. The number of nitrogens with zero attached hydrogens (tertiary/aromatic N) is 3. The number of rotatable bonds is 6. The molecule has 1 fully saturated rings. The van der Waals surface area contributed by atoms with Crippen molar-refractivity contribution >= 4 is 35.1 Å².